The predicted octanol–water partition coefficient (Wildman–Crippen LogP) is 4.19. The summed E-state index contributed by atoms with van der Waals surface area (Å²) < 4.78 is 5.30. The topological polar surface area (TPSA) is 71.3 Å². The molecule has 1 heterocycles. The Labute approximate surface area is 170 Å². The van der Waals surface area contributed by atoms with E-state index in [1.165, 1.54) is 17.9 Å². The maximum absolute atomic E-state index is 12.8. The molecule has 2 aromatic carbocycles. The smallest absolute Gasteiger partial charge is 0.268 e. The summed E-state index contributed by atoms with van der Waals surface area (Å²) in [7, 11) is 0. The summed E-state index contributed by atoms with van der Waals surface area (Å²) >= 11 is 0. The van der Waals surface area contributed by atoms with Gasteiger partial charge in [-0.15, -0.1) is 0 Å². The summed E-state index contributed by atoms with van der Waals surface area (Å²) in [4.78, 5) is 25.3. The second kappa shape index (κ2) is 10.1. The van der Waals surface area contributed by atoms with Crippen LogP contribution in [0.5, 0.6) is 0 Å². The molecule has 1 atom stereocenters. The first-order valence-corrected chi connectivity index (χ1v) is 9.58. The average molecular weight is 388 g/mol. The van der Waals surface area contributed by atoms with Crippen molar-refractivity contribution in [1.82, 2.24) is 10.6 Å². The summed E-state index contributed by atoms with van der Waals surface area (Å²) in [6.45, 7) is 1.95. The minimum Gasteiger partial charge on any atom is -0.465 e. The highest BCUT2D eigenvalue weighted by Gasteiger charge is 2.17. The fourth-order valence-electron chi connectivity index (χ4n) is 2.86. The van der Waals surface area contributed by atoms with E-state index in [0.717, 1.165) is 12.8 Å². The third-order valence-electron chi connectivity index (χ3n) is 4.44. The molecule has 0 aliphatic rings. The monoisotopic (exact) mass is 388 g/mol. The largest absolute Gasteiger partial charge is 0.465 e. The van der Waals surface area contributed by atoms with Gasteiger partial charge in [-0.2, -0.15) is 0 Å². The summed E-state index contributed by atoms with van der Waals surface area (Å²) in [6.07, 6.45) is 4.69. The highest BCUT2D eigenvalue weighted by Crippen LogP contribution is 2.09. The molecule has 148 valence electrons. The maximum atomic E-state index is 12.8. The molecule has 0 aliphatic heterocycles. The molecule has 2 amide bonds. The van der Waals surface area contributed by atoms with Crippen LogP contribution in [-0.2, 0) is 11.2 Å². The molecule has 5 nitrogen and oxygen atoms in total. The van der Waals surface area contributed by atoms with Crippen LogP contribution in [0.1, 0.15) is 35.0 Å². The molecule has 3 rings (SSSR count). The zero-order valence-corrected chi connectivity index (χ0v) is 16.3. The summed E-state index contributed by atoms with van der Waals surface area (Å²) in [5, 5.41) is 5.66. The van der Waals surface area contributed by atoms with Crippen LogP contribution in [-0.4, -0.2) is 17.9 Å². The molecule has 1 unspecified atom stereocenters. The summed E-state index contributed by atoms with van der Waals surface area (Å²) in [5.41, 5.74) is 1.83. The highest BCUT2D eigenvalue weighted by molar-refractivity contribution is 6.05. The van der Waals surface area contributed by atoms with Gasteiger partial charge in [-0.3, -0.25) is 9.59 Å². The molecule has 0 spiro atoms. The van der Waals surface area contributed by atoms with E-state index < -0.39 is 0 Å². The lowest BCUT2D eigenvalue weighted by atomic mass is 10.1. The number of amides is 2. The Hall–Kier alpha value is -3.60. The number of nitrogens with one attached hydrogen (secondary N) is 2. The number of carbonyl (C=O) groups excluding carboxylic acids is 2. The van der Waals surface area contributed by atoms with Crippen molar-refractivity contribution in [3.8, 4) is 0 Å². The lowest BCUT2D eigenvalue weighted by Gasteiger charge is -2.16. The molecule has 0 bridgehead atoms. The third kappa shape index (κ3) is 6.21. The molecular formula is C24H24N2O3. The quantitative estimate of drug-likeness (QED) is 0.569. The fourth-order valence-corrected chi connectivity index (χ4v) is 2.86. The van der Waals surface area contributed by atoms with E-state index in [1.807, 2.05) is 31.2 Å². The van der Waals surface area contributed by atoms with Crippen molar-refractivity contribution in [3.63, 3.8) is 0 Å². The zero-order chi connectivity index (χ0) is 20.5. The number of benzene rings is 2. The van der Waals surface area contributed by atoms with Crippen LogP contribution >= 0.6 is 0 Å². The SMILES string of the molecule is CC(CCc1ccccc1)NC(=O)/C(=C/c1ccco1)NC(=O)c1ccccc1. The first-order valence-electron chi connectivity index (χ1n) is 9.58. The Balaban J connectivity index is 1.66. The second-order valence-electron chi connectivity index (χ2n) is 6.79. The summed E-state index contributed by atoms with van der Waals surface area (Å²) in [5.74, 6) is -0.220. The number of hydrogen-bond donors (Lipinski definition) is 2. The van der Waals surface area contributed by atoms with E-state index in [0.29, 0.717) is 11.3 Å². The van der Waals surface area contributed by atoms with E-state index in [2.05, 4.69) is 22.8 Å². The standard InChI is InChI=1S/C24H24N2O3/c1-18(14-15-19-9-4-2-5-10-19)25-24(28)22(17-21-13-8-16-29-21)26-23(27)20-11-6-3-7-12-20/h2-13,16-18H,14-15H2,1H3,(H,25,28)(H,26,27)/b22-17-. The summed E-state index contributed by atoms with van der Waals surface area (Å²) in [6, 6.07) is 22.3. The van der Waals surface area contributed by atoms with E-state index in [4.69, 9.17) is 4.42 Å². The molecule has 2 N–H and O–H groups in total. The number of rotatable bonds is 8. The van der Waals surface area contributed by atoms with Gasteiger partial charge in [0.25, 0.3) is 11.8 Å². The molecular weight excluding hydrogens is 364 g/mol. The van der Waals surface area contributed by atoms with Crippen LogP contribution in [0.3, 0.4) is 0 Å². The molecule has 3 aromatic rings. The van der Waals surface area contributed by atoms with Gasteiger partial charge < -0.3 is 15.1 Å². The van der Waals surface area contributed by atoms with Crippen molar-refractivity contribution >= 4 is 17.9 Å². The Kier molecular flexibility index (Phi) is 7.00. The van der Waals surface area contributed by atoms with E-state index >= 15 is 0 Å². The third-order valence-corrected chi connectivity index (χ3v) is 4.44. The first kappa shape index (κ1) is 20.1. The van der Waals surface area contributed by atoms with E-state index in [-0.39, 0.29) is 23.6 Å². The Bertz CT molecular complexity index is 948. The molecule has 0 aliphatic carbocycles. The van der Waals surface area contributed by atoms with Crippen molar-refractivity contribution in [2.75, 3.05) is 0 Å². The van der Waals surface area contributed by atoms with Gasteiger partial charge >= 0.3 is 0 Å². The first-order chi connectivity index (χ1) is 14.1. The van der Waals surface area contributed by atoms with Crippen molar-refractivity contribution in [2.45, 2.75) is 25.8 Å². The Morgan fingerprint density at radius 3 is 2.31 bits per heavy atom. The average Bonchev–Trinajstić information content (AvgIpc) is 3.26. The number of carbonyl (C=O) groups is 2. The Morgan fingerprint density at radius 1 is 0.966 bits per heavy atom. The lowest BCUT2D eigenvalue weighted by molar-refractivity contribution is -0.118. The van der Waals surface area contributed by atoms with Crippen molar-refractivity contribution < 1.29 is 14.0 Å². The van der Waals surface area contributed by atoms with Gasteiger partial charge in [0.05, 0.1) is 6.26 Å². The molecule has 0 radical (unpaired) electrons. The minimum absolute atomic E-state index is 0.0589. The van der Waals surface area contributed by atoms with Crippen LogP contribution in [0.25, 0.3) is 6.08 Å². The van der Waals surface area contributed by atoms with Crippen LogP contribution in [0.4, 0.5) is 0 Å². The van der Waals surface area contributed by atoms with Crippen molar-refractivity contribution in [2.24, 2.45) is 0 Å². The molecule has 1 aromatic heterocycles. The van der Waals surface area contributed by atoms with Gasteiger partial charge in [-0.25, -0.2) is 0 Å². The fraction of sp³-hybridized carbons (Fsp3) is 0.167. The maximum Gasteiger partial charge on any atom is 0.268 e. The van der Waals surface area contributed by atoms with Gasteiger partial charge in [-0.1, -0.05) is 48.5 Å². The van der Waals surface area contributed by atoms with Gasteiger partial charge in [-0.05, 0) is 49.6 Å². The lowest BCUT2D eigenvalue weighted by Crippen LogP contribution is -2.39. The molecule has 0 saturated heterocycles. The van der Waals surface area contributed by atoms with Crippen LogP contribution < -0.4 is 10.6 Å². The molecule has 0 saturated carbocycles. The molecule has 0 fully saturated rings. The number of aryl methyl sites for hydroxylation is 1. The van der Waals surface area contributed by atoms with Crippen molar-refractivity contribution in [3.05, 3.63) is 102 Å². The van der Waals surface area contributed by atoms with Gasteiger partial charge in [0.1, 0.15) is 11.5 Å². The number of furan rings is 1. The van der Waals surface area contributed by atoms with Crippen LogP contribution in [0.2, 0.25) is 0 Å². The second-order valence-corrected chi connectivity index (χ2v) is 6.79. The van der Waals surface area contributed by atoms with Gasteiger partial charge in [0.15, 0.2) is 0 Å². The van der Waals surface area contributed by atoms with Crippen LogP contribution in [0, 0.1) is 0 Å². The minimum atomic E-state index is -0.355. The van der Waals surface area contributed by atoms with Crippen LogP contribution in [0.15, 0.2) is 89.2 Å². The highest BCUT2D eigenvalue weighted by atomic mass is 16.3. The molecule has 29 heavy (non-hydrogen) atoms. The Morgan fingerprint density at radius 2 is 1.66 bits per heavy atom. The predicted molar refractivity (Wildman–Crippen MR) is 113 cm³/mol. The zero-order valence-electron chi connectivity index (χ0n) is 16.3. The number of hydrogen-bond acceptors (Lipinski definition) is 3. The van der Waals surface area contributed by atoms with Crippen molar-refractivity contribution in [1.29, 1.82) is 0 Å². The van der Waals surface area contributed by atoms with E-state index in [9.17, 15) is 9.59 Å². The van der Waals surface area contributed by atoms with Gasteiger partial charge in [0.2, 0.25) is 0 Å². The van der Waals surface area contributed by atoms with E-state index in [1.54, 1.807) is 36.4 Å². The van der Waals surface area contributed by atoms with Gasteiger partial charge in [0, 0.05) is 17.7 Å². The molecule has 5 heteroatoms. The normalized spacial score (nSPS) is 12.2.